The van der Waals surface area contributed by atoms with Crippen LogP contribution in [-0.4, -0.2) is 54.7 Å². The molecule has 1 aliphatic rings. The number of nitrogens with zero attached hydrogens (tertiary/aromatic N) is 2. The van der Waals surface area contributed by atoms with E-state index in [1.807, 2.05) is 6.92 Å². The zero-order valence-corrected chi connectivity index (χ0v) is 10.9. The summed E-state index contributed by atoms with van der Waals surface area (Å²) in [4.78, 5) is 17.6. The molecule has 1 saturated heterocycles. The van der Waals surface area contributed by atoms with Gasteiger partial charge in [0.2, 0.25) is 5.95 Å². The number of rotatable bonds is 4. The van der Waals surface area contributed by atoms with Crippen LogP contribution < -0.4 is 5.32 Å². The molecule has 1 N–H and O–H groups in total. The number of morpholine rings is 1. The molecular weight excluding hydrogens is 249 g/mol. The Hall–Kier alpha value is -1.53. The summed E-state index contributed by atoms with van der Waals surface area (Å²) in [6.45, 7) is 5.80. The number of halogens is 1. The number of pyridine rings is 1. The van der Waals surface area contributed by atoms with E-state index in [9.17, 15) is 9.18 Å². The Morgan fingerprint density at radius 2 is 2.32 bits per heavy atom. The zero-order valence-electron chi connectivity index (χ0n) is 10.9. The highest BCUT2D eigenvalue weighted by atomic mass is 19.1. The van der Waals surface area contributed by atoms with Gasteiger partial charge < -0.3 is 10.1 Å². The van der Waals surface area contributed by atoms with Gasteiger partial charge in [-0.15, -0.1) is 0 Å². The van der Waals surface area contributed by atoms with Crippen molar-refractivity contribution < 1.29 is 13.9 Å². The summed E-state index contributed by atoms with van der Waals surface area (Å²) < 4.78 is 18.6. The lowest BCUT2D eigenvalue weighted by Crippen LogP contribution is -2.46. The van der Waals surface area contributed by atoms with Crippen LogP contribution in [0.5, 0.6) is 0 Å². The number of ether oxygens (including phenoxy) is 1. The maximum atomic E-state index is 13.4. The lowest BCUT2D eigenvalue weighted by molar-refractivity contribution is 0.0342. The second-order valence-electron chi connectivity index (χ2n) is 4.63. The van der Waals surface area contributed by atoms with Crippen molar-refractivity contribution in [1.29, 1.82) is 0 Å². The van der Waals surface area contributed by atoms with E-state index in [0.29, 0.717) is 0 Å². The fourth-order valence-electron chi connectivity index (χ4n) is 2.07. The molecule has 2 heterocycles. The highest BCUT2D eigenvalue weighted by Crippen LogP contribution is 2.04. The number of aromatic nitrogens is 1. The summed E-state index contributed by atoms with van der Waals surface area (Å²) >= 11 is 0. The van der Waals surface area contributed by atoms with Gasteiger partial charge in [-0.2, -0.15) is 4.39 Å². The van der Waals surface area contributed by atoms with Crippen molar-refractivity contribution >= 4 is 5.91 Å². The molecule has 1 aliphatic heterocycles. The molecule has 1 amide bonds. The molecule has 104 valence electrons. The van der Waals surface area contributed by atoms with E-state index in [2.05, 4.69) is 15.2 Å². The zero-order chi connectivity index (χ0) is 13.7. The fraction of sp³-hybridized carbons (Fsp3) is 0.538. The largest absolute Gasteiger partial charge is 0.379 e. The first-order valence-corrected chi connectivity index (χ1v) is 6.38. The van der Waals surface area contributed by atoms with Gasteiger partial charge >= 0.3 is 0 Å². The van der Waals surface area contributed by atoms with E-state index in [1.54, 1.807) is 6.07 Å². The van der Waals surface area contributed by atoms with Crippen LogP contribution in [0.2, 0.25) is 0 Å². The second kappa shape index (κ2) is 6.58. The maximum Gasteiger partial charge on any atom is 0.256 e. The highest BCUT2D eigenvalue weighted by molar-refractivity contribution is 5.94. The second-order valence-corrected chi connectivity index (χ2v) is 4.63. The van der Waals surface area contributed by atoms with Crippen molar-refractivity contribution in [2.75, 3.05) is 32.8 Å². The summed E-state index contributed by atoms with van der Waals surface area (Å²) in [5.74, 6) is -1.16. The van der Waals surface area contributed by atoms with Crippen LogP contribution in [0.1, 0.15) is 17.3 Å². The Morgan fingerprint density at radius 1 is 1.58 bits per heavy atom. The van der Waals surface area contributed by atoms with Crippen molar-refractivity contribution in [2.24, 2.45) is 0 Å². The first-order valence-electron chi connectivity index (χ1n) is 6.38. The molecule has 0 bridgehead atoms. The van der Waals surface area contributed by atoms with Gasteiger partial charge in [0, 0.05) is 31.9 Å². The van der Waals surface area contributed by atoms with E-state index in [1.165, 1.54) is 12.3 Å². The third kappa shape index (κ3) is 3.97. The van der Waals surface area contributed by atoms with Crippen molar-refractivity contribution in [2.45, 2.75) is 13.0 Å². The Kier molecular flexibility index (Phi) is 4.81. The number of amides is 1. The standard InChI is InChI=1S/C13H18FN3O2/c1-10(9-17-5-7-19-8-6-17)16-13(18)11-3-2-4-15-12(11)14/h2-4,10H,5-9H2,1H3,(H,16,18). The molecular formula is C13H18FN3O2. The van der Waals surface area contributed by atoms with Gasteiger partial charge in [0.15, 0.2) is 0 Å². The normalized spacial score (nSPS) is 18.0. The molecule has 5 nitrogen and oxygen atoms in total. The van der Waals surface area contributed by atoms with Crippen molar-refractivity contribution in [1.82, 2.24) is 15.2 Å². The van der Waals surface area contributed by atoms with Crippen LogP contribution in [0, 0.1) is 5.95 Å². The van der Waals surface area contributed by atoms with Crippen LogP contribution in [0.4, 0.5) is 4.39 Å². The summed E-state index contributed by atoms with van der Waals surface area (Å²) in [5.41, 5.74) is -0.0173. The Labute approximate surface area is 111 Å². The molecule has 1 atom stereocenters. The quantitative estimate of drug-likeness (QED) is 0.815. The monoisotopic (exact) mass is 267 g/mol. The lowest BCUT2D eigenvalue weighted by Gasteiger charge is -2.29. The van der Waals surface area contributed by atoms with Crippen LogP contribution >= 0.6 is 0 Å². The molecule has 1 aromatic heterocycles. The lowest BCUT2D eigenvalue weighted by atomic mass is 10.2. The SMILES string of the molecule is CC(CN1CCOCC1)NC(=O)c1cccnc1F. The van der Waals surface area contributed by atoms with Gasteiger partial charge in [-0.25, -0.2) is 4.98 Å². The summed E-state index contributed by atoms with van der Waals surface area (Å²) in [6.07, 6.45) is 1.32. The molecule has 2 rings (SSSR count). The van der Waals surface area contributed by atoms with Gasteiger partial charge in [-0.1, -0.05) is 0 Å². The van der Waals surface area contributed by atoms with E-state index in [0.717, 1.165) is 32.8 Å². The molecule has 19 heavy (non-hydrogen) atoms. The van der Waals surface area contributed by atoms with E-state index in [-0.39, 0.29) is 11.6 Å². The van der Waals surface area contributed by atoms with E-state index < -0.39 is 11.9 Å². The number of carbonyl (C=O) groups is 1. The number of hydrogen-bond acceptors (Lipinski definition) is 4. The first kappa shape index (κ1) is 13.9. The average molecular weight is 267 g/mol. The third-order valence-corrected chi connectivity index (χ3v) is 3.02. The average Bonchev–Trinajstić information content (AvgIpc) is 2.40. The van der Waals surface area contributed by atoms with Gasteiger partial charge in [0.05, 0.1) is 18.8 Å². The predicted molar refractivity (Wildman–Crippen MR) is 68.4 cm³/mol. The summed E-state index contributed by atoms with van der Waals surface area (Å²) in [6, 6.07) is 2.93. The minimum Gasteiger partial charge on any atom is -0.379 e. The van der Waals surface area contributed by atoms with Gasteiger partial charge in [-0.05, 0) is 19.1 Å². The topological polar surface area (TPSA) is 54.5 Å². The molecule has 1 fully saturated rings. The van der Waals surface area contributed by atoms with Crippen molar-refractivity contribution in [3.63, 3.8) is 0 Å². The van der Waals surface area contributed by atoms with Gasteiger partial charge in [-0.3, -0.25) is 9.69 Å². The number of carbonyl (C=O) groups excluding carboxylic acids is 1. The van der Waals surface area contributed by atoms with E-state index >= 15 is 0 Å². The van der Waals surface area contributed by atoms with Crippen molar-refractivity contribution in [3.05, 3.63) is 29.8 Å². The molecule has 1 unspecified atom stereocenters. The minimum absolute atomic E-state index is 0.0173. The molecule has 6 heteroatoms. The Bertz CT molecular complexity index is 436. The van der Waals surface area contributed by atoms with Crippen LogP contribution in [-0.2, 0) is 4.74 Å². The predicted octanol–water partition coefficient (Wildman–Crippen LogP) is 0.671. The smallest absolute Gasteiger partial charge is 0.256 e. The first-order chi connectivity index (χ1) is 9.16. The Morgan fingerprint density at radius 3 is 3.00 bits per heavy atom. The van der Waals surface area contributed by atoms with Gasteiger partial charge in [0.25, 0.3) is 5.91 Å². The van der Waals surface area contributed by atoms with Crippen LogP contribution in [0.25, 0.3) is 0 Å². The maximum absolute atomic E-state index is 13.4. The third-order valence-electron chi connectivity index (χ3n) is 3.02. The highest BCUT2D eigenvalue weighted by Gasteiger charge is 2.17. The van der Waals surface area contributed by atoms with Crippen molar-refractivity contribution in [3.8, 4) is 0 Å². The van der Waals surface area contributed by atoms with Crippen LogP contribution in [0.15, 0.2) is 18.3 Å². The molecule has 0 spiro atoms. The Balaban J connectivity index is 1.86. The minimum atomic E-state index is -0.737. The molecule has 0 aliphatic carbocycles. The van der Waals surface area contributed by atoms with Gasteiger partial charge in [0.1, 0.15) is 0 Å². The summed E-state index contributed by atoms with van der Waals surface area (Å²) in [7, 11) is 0. The molecule has 0 radical (unpaired) electrons. The van der Waals surface area contributed by atoms with E-state index in [4.69, 9.17) is 4.74 Å². The van der Waals surface area contributed by atoms with Crippen LogP contribution in [0.3, 0.4) is 0 Å². The number of hydrogen-bond donors (Lipinski definition) is 1. The number of nitrogens with one attached hydrogen (secondary N) is 1. The fourth-order valence-corrected chi connectivity index (χ4v) is 2.07. The summed E-state index contributed by atoms with van der Waals surface area (Å²) in [5, 5.41) is 2.78. The molecule has 1 aromatic rings. The molecule has 0 aromatic carbocycles. The molecule has 0 saturated carbocycles.